The van der Waals surface area contributed by atoms with Gasteiger partial charge in [-0.15, -0.1) is 0 Å². The fraction of sp³-hybridized carbons (Fsp3) is 0.400. The van der Waals surface area contributed by atoms with Gasteiger partial charge in [0.2, 0.25) is 0 Å². The van der Waals surface area contributed by atoms with Gasteiger partial charge in [-0.1, -0.05) is 42.5 Å². The van der Waals surface area contributed by atoms with E-state index in [-0.39, 0.29) is 0 Å². The van der Waals surface area contributed by atoms with E-state index in [9.17, 15) is 5.11 Å². The van der Waals surface area contributed by atoms with Crippen molar-refractivity contribution in [3.8, 4) is 0 Å². The predicted molar refractivity (Wildman–Crippen MR) is 92.7 cm³/mol. The van der Waals surface area contributed by atoms with E-state index < -0.39 is 5.60 Å². The molecule has 2 unspecified atom stereocenters. The van der Waals surface area contributed by atoms with E-state index in [0.717, 1.165) is 43.7 Å². The SMILES string of the molecule is Nc1cccc(C2(O)C3CCC2CN(Cc2ccccc2)C3)c1. The lowest BCUT2D eigenvalue weighted by Gasteiger charge is -2.45. The van der Waals surface area contributed by atoms with Gasteiger partial charge in [0.05, 0.1) is 5.60 Å². The van der Waals surface area contributed by atoms with Gasteiger partial charge < -0.3 is 10.8 Å². The van der Waals surface area contributed by atoms with E-state index in [0.29, 0.717) is 11.8 Å². The van der Waals surface area contributed by atoms with Gasteiger partial charge in [0.1, 0.15) is 0 Å². The van der Waals surface area contributed by atoms with E-state index in [1.54, 1.807) is 0 Å². The molecule has 0 aromatic heterocycles. The normalized spacial score (nSPS) is 30.5. The maximum Gasteiger partial charge on any atom is 0.0977 e. The van der Waals surface area contributed by atoms with Crippen LogP contribution in [0.15, 0.2) is 54.6 Å². The smallest absolute Gasteiger partial charge is 0.0977 e. The first kappa shape index (κ1) is 14.7. The third-order valence-corrected chi connectivity index (χ3v) is 5.66. The lowest BCUT2D eigenvalue weighted by atomic mass is 9.75. The highest BCUT2D eigenvalue weighted by Gasteiger charge is 2.53. The standard InChI is InChI=1S/C20H24N2O/c21-19-8-4-7-16(11-19)20(23)17-9-10-18(20)14-22(13-17)12-15-5-2-1-3-6-15/h1-8,11,17-18,23H,9-10,12-14,21H2. The van der Waals surface area contributed by atoms with Crippen molar-refractivity contribution in [3.05, 3.63) is 65.7 Å². The molecule has 2 bridgehead atoms. The van der Waals surface area contributed by atoms with E-state index in [1.165, 1.54) is 5.56 Å². The molecule has 23 heavy (non-hydrogen) atoms. The van der Waals surface area contributed by atoms with Crippen LogP contribution in [0, 0.1) is 11.8 Å². The van der Waals surface area contributed by atoms with E-state index in [2.05, 4.69) is 35.2 Å². The molecule has 1 saturated heterocycles. The number of fused-ring (bicyclic) bond motifs is 2. The molecule has 2 atom stereocenters. The molecule has 2 fully saturated rings. The largest absolute Gasteiger partial charge is 0.399 e. The van der Waals surface area contributed by atoms with Gasteiger partial charge in [-0.25, -0.2) is 0 Å². The third kappa shape index (κ3) is 2.54. The number of aliphatic hydroxyl groups is 1. The van der Waals surface area contributed by atoms with Crippen LogP contribution in [0.5, 0.6) is 0 Å². The fourth-order valence-electron chi connectivity index (χ4n) is 4.56. The van der Waals surface area contributed by atoms with Crippen molar-refractivity contribution < 1.29 is 5.11 Å². The summed E-state index contributed by atoms with van der Waals surface area (Å²) in [6.07, 6.45) is 2.20. The van der Waals surface area contributed by atoms with Gasteiger partial charge in [-0.3, -0.25) is 4.90 Å². The number of rotatable bonds is 3. The van der Waals surface area contributed by atoms with Crippen molar-refractivity contribution in [1.82, 2.24) is 4.90 Å². The summed E-state index contributed by atoms with van der Waals surface area (Å²) in [5.74, 6) is 0.596. The van der Waals surface area contributed by atoms with Crippen molar-refractivity contribution in [2.24, 2.45) is 11.8 Å². The third-order valence-electron chi connectivity index (χ3n) is 5.66. The van der Waals surface area contributed by atoms with Crippen LogP contribution in [0.1, 0.15) is 24.0 Å². The summed E-state index contributed by atoms with van der Waals surface area (Å²) < 4.78 is 0. The van der Waals surface area contributed by atoms with Gasteiger partial charge in [0.25, 0.3) is 0 Å². The fourth-order valence-corrected chi connectivity index (χ4v) is 4.56. The topological polar surface area (TPSA) is 49.5 Å². The Hall–Kier alpha value is -1.84. The summed E-state index contributed by atoms with van der Waals surface area (Å²) >= 11 is 0. The number of nitrogens with two attached hydrogens (primary N) is 1. The molecule has 4 rings (SSSR count). The Morgan fingerprint density at radius 2 is 1.70 bits per heavy atom. The second-order valence-electron chi connectivity index (χ2n) is 7.10. The average molecular weight is 308 g/mol. The molecule has 0 radical (unpaired) electrons. The van der Waals surface area contributed by atoms with Gasteiger partial charge in [0, 0.05) is 37.2 Å². The van der Waals surface area contributed by atoms with Crippen molar-refractivity contribution in [3.63, 3.8) is 0 Å². The quantitative estimate of drug-likeness (QED) is 0.857. The molecule has 3 nitrogen and oxygen atoms in total. The van der Waals surface area contributed by atoms with Crippen LogP contribution in [0.3, 0.4) is 0 Å². The number of benzene rings is 2. The first-order valence-corrected chi connectivity index (χ1v) is 8.51. The lowest BCUT2D eigenvalue weighted by Crippen LogP contribution is -2.51. The summed E-state index contributed by atoms with van der Waals surface area (Å²) in [6.45, 7) is 2.88. The Morgan fingerprint density at radius 3 is 2.35 bits per heavy atom. The zero-order chi connectivity index (χ0) is 15.9. The van der Waals surface area contributed by atoms with Crippen LogP contribution in [0.25, 0.3) is 0 Å². The minimum absolute atomic E-state index is 0.298. The molecular weight excluding hydrogens is 284 g/mol. The van der Waals surface area contributed by atoms with Crippen molar-refractivity contribution in [1.29, 1.82) is 0 Å². The Balaban J connectivity index is 1.56. The van der Waals surface area contributed by atoms with Crippen molar-refractivity contribution in [2.45, 2.75) is 25.0 Å². The van der Waals surface area contributed by atoms with Gasteiger partial charge in [0.15, 0.2) is 0 Å². The van der Waals surface area contributed by atoms with Gasteiger partial charge >= 0.3 is 0 Å². The Kier molecular flexibility index (Phi) is 3.63. The second-order valence-corrected chi connectivity index (χ2v) is 7.10. The van der Waals surface area contributed by atoms with E-state index >= 15 is 0 Å². The summed E-state index contributed by atoms with van der Waals surface area (Å²) in [4.78, 5) is 2.50. The van der Waals surface area contributed by atoms with Gasteiger partial charge in [-0.2, -0.15) is 0 Å². The Morgan fingerprint density at radius 1 is 1.00 bits per heavy atom. The number of anilines is 1. The molecule has 0 spiro atoms. The minimum Gasteiger partial charge on any atom is -0.399 e. The second kappa shape index (κ2) is 5.66. The number of nitrogen functional groups attached to an aromatic ring is 1. The van der Waals surface area contributed by atoms with Crippen molar-refractivity contribution >= 4 is 5.69 Å². The number of likely N-dealkylation sites (tertiary alicyclic amines) is 1. The summed E-state index contributed by atoms with van der Waals surface area (Å²) in [5, 5.41) is 11.5. The zero-order valence-corrected chi connectivity index (χ0v) is 13.4. The molecule has 1 aliphatic heterocycles. The van der Waals surface area contributed by atoms with Crippen LogP contribution in [0.4, 0.5) is 5.69 Å². The maximum atomic E-state index is 11.5. The highest BCUT2D eigenvalue weighted by Crippen LogP contribution is 2.51. The maximum absolute atomic E-state index is 11.5. The number of piperidine rings is 1. The van der Waals surface area contributed by atoms with Crippen LogP contribution in [-0.2, 0) is 12.1 Å². The first-order valence-electron chi connectivity index (χ1n) is 8.51. The van der Waals surface area contributed by atoms with Crippen LogP contribution < -0.4 is 5.73 Å². The van der Waals surface area contributed by atoms with Crippen molar-refractivity contribution in [2.75, 3.05) is 18.8 Å². The molecule has 1 aliphatic carbocycles. The molecule has 0 amide bonds. The molecule has 2 aromatic carbocycles. The molecule has 2 aromatic rings. The van der Waals surface area contributed by atoms with E-state index in [1.807, 2.05) is 24.3 Å². The Bertz CT molecular complexity index is 671. The molecule has 2 aliphatic rings. The summed E-state index contributed by atoms with van der Waals surface area (Å²) in [5.41, 5.74) is 8.33. The molecule has 1 saturated carbocycles. The highest BCUT2D eigenvalue weighted by molar-refractivity contribution is 5.43. The number of hydrogen-bond donors (Lipinski definition) is 2. The highest BCUT2D eigenvalue weighted by atomic mass is 16.3. The molecule has 3 N–H and O–H groups in total. The minimum atomic E-state index is -0.706. The molecular formula is C20H24N2O. The Labute approximate surface area is 137 Å². The number of nitrogens with zero attached hydrogens (tertiary/aromatic N) is 1. The van der Waals surface area contributed by atoms with Crippen LogP contribution in [-0.4, -0.2) is 23.1 Å². The molecule has 3 heteroatoms. The monoisotopic (exact) mass is 308 g/mol. The average Bonchev–Trinajstić information content (AvgIpc) is 2.74. The van der Waals surface area contributed by atoms with Gasteiger partial charge in [-0.05, 0) is 36.1 Å². The van der Waals surface area contributed by atoms with Crippen LogP contribution >= 0.6 is 0 Å². The number of hydrogen-bond acceptors (Lipinski definition) is 3. The predicted octanol–water partition coefficient (Wildman–Crippen LogP) is 3.00. The molecule has 1 heterocycles. The lowest BCUT2D eigenvalue weighted by molar-refractivity contribution is -0.0914. The zero-order valence-electron chi connectivity index (χ0n) is 13.4. The summed E-state index contributed by atoms with van der Waals surface area (Å²) in [7, 11) is 0. The summed E-state index contributed by atoms with van der Waals surface area (Å²) in [6, 6.07) is 18.4. The first-order chi connectivity index (χ1) is 11.2. The molecule has 120 valence electrons. The van der Waals surface area contributed by atoms with E-state index in [4.69, 9.17) is 5.73 Å². The van der Waals surface area contributed by atoms with Crippen LogP contribution in [0.2, 0.25) is 0 Å².